The minimum Gasteiger partial charge on any atom is -0.338 e. The predicted octanol–water partition coefficient (Wildman–Crippen LogP) is 2.57. The van der Waals surface area contributed by atoms with Gasteiger partial charge in [-0.15, -0.1) is 0 Å². The highest BCUT2D eigenvalue weighted by atomic mass is 16.2. The van der Waals surface area contributed by atoms with Gasteiger partial charge < -0.3 is 10.6 Å². The van der Waals surface area contributed by atoms with Gasteiger partial charge in [-0.3, -0.25) is 4.79 Å². The molecule has 3 heteroatoms. The van der Waals surface area contributed by atoms with E-state index in [0.717, 1.165) is 42.6 Å². The van der Waals surface area contributed by atoms with E-state index in [0.29, 0.717) is 12.5 Å². The number of amides is 1. The minimum atomic E-state index is 0.148. The van der Waals surface area contributed by atoms with E-state index >= 15 is 0 Å². The summed E-state index contributed by atoms with van der Waals surface area (Å²) in [6, 6.07) is 5.75. The second kappa shape index (κ2) is 7.28. The molecule has 1 aromatic carbocycles. The van der Waals surface area contributed by atoms with Crippen molar-refractivity contribution in [3.8, 4) is 11.8 Å². The summed E-state index contributed by atoms with van der Waals surface area (Å²) < 4.78 is 0. The Hall–Kier alpha value is -1.79. The average Bonchev–Trinajstić information content (AvgIpc) is 2.53. The topological polar surface area (TPSA) is 46.3 Å². The normalized spacial score (nSPS) is 18.0. The molecule has 1 aromatic rings. The first-order valence-corrected chi connectivity index (χ1v) is 7.74. The maximum absolute atomic E-state index is 12.6. The van der Waals surface area contributed by atoms with E-state index in [-0.39, 0.29) is 5.91 Å². The number of nitrogens with zero attached hydrogens (tertiary/aromatic N) is 1. The number of aryl methyl sites for hydroxylation is 1. The van der Waals surface area contributed by atoms with Crippen LogP contribution in [0.2, 0.25) is 0 Å². The molecular weight excluding hydrogens is 260 g/mol. The van der Waals surface area contributed by atoms with Gasteiger partial charge in [-0.05, 0) is 49.4 Å². The van der Waals surface area contributed by atoms with E-state index < -0.39 is 0 Å². The highest BCUT2D eigenvalue weighted by molar-refractivity contribution is 5.94. The Morgan fingerprint density at radius 1 is 1.48 bits per heavy atom. The van der Waals surface area contributed by atoms with Gasteiger partial charge in [0.2, 0.25) is 0 Å². The first-order chi connectivity index (χ1) is 10.2. The van der Waals surface area contributed by atoms with Crippen LogP contribution in [0.25, 0.3) is 0 Å². The van der Waals surface area contributed by atoms with E-state index in [4.69, 9.17) is 5.73 Å². The van der Waals surface area contributed by atoms with Gasteiger partial charge in [0, 0.05) is 24.2 Å². The molecule has 1 saturated heterocycles. The quantitative estimate of drug-likeness (QED) is 0.848. The number of likely N-dealkylation sites (tertiary alicyclic amines) is 1. The maximum atomic E-state index is 12.6. The molecule has 1 atom stereocenters. The summed E-state index contributed by atoms with van der Waals surface area (Å²) in [6.45, 7) is 6.31. The van der Waals surface area contributed by atoms with Crippen LogP contribution >= 0.6 is 0 Å². The van der Waals surface area contributed by atoms with E-state index in [9.17, 15) is 4.79 Å². The lowest BCUT2D eigenvalue weighted by atomic mass is 9.95. The number of nitrogens with two attached hydrogens (primary N) is 1. The van der Waals surface area contributed by atoms with Crippen LogP contribution in [-0.4, -0.2) is 30.4 Å². The summed E-state index contributed by atoms with van der Waals surface area (Å²) in [5.41, 5.74) is 8.14. The zero-order valence-corrected chi connectivity index (χ0v) is 13.0. The molecule has 0 bridgehead atoms. The fraction of sp³-hybridized carbons (Fsp3) is 0.500. The summed E-state index contributed by atoms with van der Waals surface area (Å²) in [5.74, 6) is 6.69. The Morgan fingerprint density at radius 2 is 2.29 bits per heavy atom. The lowest BCUT2D eigenvalue weighted by Gasteiger charge is -2.32. The van der Waals surface area contributed by atoms with Crippen molar-refractivity contribution >= 4 is 5.91 Å². The van der Waals surface area contributed by atoms with Crippen LogP contribution in [0, 0.1) is 24.7 Å². The molecule has 1 unspecified atom stereocenters. The van der Waals surface area contributed by atoms with Gasteiger partial charge in [0.25, 0.3) is 5.91 Å². The van der Waals surface area contributed by atoms with E-state index in [2.05, 4.69) is 18.8 Å². The molecule has 0 spiro atoms. The number of benzene rings is 1. The molecule has 0 saturated carbocycles. The lowest BCUT2D eigenvalue weighted by Crippen LogP contribution is -2.39. The van der Waals surface area contributed by atoms with Crippen molar-refractivity contribution in [1.29, 1.82) is 0 Å². The van der Waals surface area contributed by atoms with Crippen molar-refractivity contribution in [2.75, 3.05) is 19.6 Å². The van der Waals surface area contributed by atoms with Gasteiger partial charge in [-0.1, -0.05) is 25.2 Å². The Balaban J connectivity index is 2.14. The van der Waals surface area contributed by atoms with Crippen LogP contribution in [0.1, 0.15) is 47.7 Å². The Bertz CT molecular complexity index is 568. The van der Waals surface area contributed by atoms with Crippen molar-refractivity contribution in [2.24, 2.45) is 11.7 Å². The van der Waals surface area contributed by atoms with Crippen molar-refractivity contribution in [2.45, 2.75) is 33.1 Å². The third-order valence-corrected chi connectivity index (χ3v) is 4.18. The number of carbonyl (C=O) groups excluding carboxylic acids is 1. The third kappa shape index (κ3) is 3.86. The summed E-state index contributed by atoms with van der Waals surface area (Å²) in [5, 5.41) is 0. The highest BCUT2D eigenvalue weighted by Crippen LogP contribution is 2.21. The molecule has 1 amide bonds. The average molecular weight is 284 g/mol. The van der Waals surface area contributed by atoms with Crippen LogP contribution in [0.3, 0.4) is 0 Å². The molecule has 0 aliphatic carbocycles. The zero-order chi connectivity index (χ0) is 15.2. The number of piperidine rings is 1. The van der Waals surface area contributed by atoms with Gasteiger partial charge >= 0.3 is 0 Å². The molecule has 21 heavy (non-hydrogen) atoms. The first kappa shape index (κ1) is 15.6. The molecule has 112 valence electrons. The molecule has 0 aromatic heterocycles. The Morgan fingerprint density at radius 3 is 2.95 bits per heavy atom. The minimum absolute atomic E-state index is 0.148. The Kier molecular flexibility index (Phi) is 5.41. The van der Waals surface area contributed by atoms with Crippen LogP contribution < -0.4 is 5.73 Å². The molecule has 1 aliphatic rings. The molecule has 2 rings (SSSR count). The molecule has 1 fully saturated rings. The van der Waals surface area contributed by atoms with Crippen molar-refractivity contribution in [3.05, 3.63) is 34.9 Å². The largest absolute Gasteiger partial charge is 0.338 e. The number of hydrogen-bond donors (Lipinski definition) is 1. The fourth-order valence-corrected chi connectivity index (χ4v) is 2.85. The van der Waals surface area contributed by atoms with Gasteiger partial charge in [0.15, 0.2) is 0 Å². The van der Waals surface area contributed by atoms with E-state index in [1.165, 1.54) is 6.42 Å². The summed E-state index contributed by atoms with van der Waals surface area (Å²) in [7, 11) is 0. The van der Waals surface area contributed by atoms with E-state index in [1.54, 1.807) is 0 Å². The molecular formula is C18H24N2O. The predicted molar refractivity (Wildman–Crippen MR) is 86.0 cm³/mol. The fourth-order valence-electron chi connectivity index (χ4n) is 2.85. The van der Waals surface area contributed by atoms with Gasteiger partial charge in [-0.2, -0.15) is 0 Å². The highest BCUT2D eigenvalue weighted by Gasteiger charge is 2.23. The first-order valence-electron chi connectivity index (χ1n) is 7.74. The summed E-state index contributed by atoms with van der Waals surface area (Å²) >= 11 is 0. The van der Waals surface area contributed by atoms with Crippen molar-refractivity contribution in [1.82, 2.24) is 4.90 Å². The smallest absolute Gasteiger partial charge is 0.253 e. The SMILES string of the molecule is CCC1CCCN(C(=O)c2ccc(C#CCN)c(C)c2)C1. The second-order valence-electron chi connectivity index (χ2n) is 5.70. The number of rotatable bonds is 2. The third-order valence-electron chi connectivity index (χ3n) is 4.18. The van der Waals surface area contributed by atoms with E-state index in [1.807, 2.05) is 30.0 Å². The molecule has 2 N–H and O–H groups in total. The van der Waals surface area contributed by atoms with Crippen molar-refractivity contribution < 1.29 is 4.79 Å². The van der Waals surface area contributed by atoms with Crippen molar-refractivity contribution in [3.63, 3.8) is 0 Å². The van der Waals surface area contributed by atoms with Crippen LogP contribution in [0.15, 0.2) is 18.2 Å². The zero-order valence-electron chi connectivity index (χ0n) is 13.0. The number of carbonyl (C=O) groups is 1. The molecule has 0 radical (unpaired) electrons. The standard InChI is InChI=1S/C18H24N2O/c1-3-15-6-5-11-20(13-15)18(21)17-9-8-16(7-4-10-19)14(2)12-17/h8-9,12,15H,3,5-6,10-11,13,19H2,1-2H3. The van der Waals surface area contributed by atoms with Gasteiger partial charge in [0.05, 0.1) is 6.54 Å². The monoisotopic (exact) mass is 284 g/mol. The van der Waals surface area contributed by atoms with Crippen LogP contribution in [0.4, 0.5) is 0 Å². The summed E-state index contributed by atoms with van der Waals surface area (Å²) in [4.78, 5) is 14.6. The Labute approximate surface area is 127 Å². The molecule has 1 heterocycles. The van der Waals surface area contributed by atoms with Crippen LogP contribution in [0.5, 0.6) is 0 Å². The second-order valence-corrected chi connectivity index (χ2v) is 5.70. The lowest BCUT2D eigenvalue weighted by molar-refractivity contribution is 0.0671. The molecule has 3 nitrogen and oxygen atoms in total. The van der Waals surface area contributed by atoms with Crippen LogP contribution in [-0.2, 0) is 0 Å². The number of hydrogen-bond acceptors (Lipinski definition) is 2. The van der Waals surface area contributed by atoms with Gasteiger partial charge in [-0.25, -0.2) is 0 Å². The summed E-state index contributed by atoms with van der Waals surface area (Å²) in [6.07, 6.45) is 3.51. The molecule has 1 aliphatic heterocycles. The maximum Gasteiger partial charge on any atom is 0.253 e. The van der Waals surface area contributed by atoms with Gasteiger partial charge in [0.1, 0.15) is 0 Å².